The summed E-state index contributed by atoms with van der Waals surface area (Å²) in [6.07, 6.45) is 5.33. The molecule has 0 radical (unpaired) electrons. The maximum absolute atomic E-state index is 14.5. The Kier molecular flexibility index (Phi) is 19.9. The van der Waals surface area contributed by atoms with Crippen LogP contribution in [0.4, 0.5) is 0 Å². The molecule has 3 aliphatic rings. The highest BCUT2D eigenvalue weighted by atomic mass is 16.2. The number of imidazole rings is 1. The summed E-state index contributed by atoms with van der Waals surface area (Å²) < 4.78 is 0. The Morgan fingerprint density at radius 1 is 0.754 bits per heavy atom. The molecule has 8 atom stereocenters. The molecule has 0 spiro atoms. The van der Waals surface area contributed by atoms with Gasteiger partial charge < -0.3 is 69.6 Å². The van der Waals surface area contributed by atoms with E-state index in [4.69, 9.17) is 22.9 Å². The zero-order valence-corrected chi connectivity index (χ0v) is 37.3. The third kappa shape index (κ3) is 15.1. The average molecular weight is 914 g/mol. The number of amides is 9. The van der Waals surface area contributed by atoms with E-state index in [9.17, 15) is 43.2 Å². The second kappa shape index (κ2) is 25.2. The van der Waals surface area contributed by atoms with Crippen LogP contribution in [0.2, 0.25) is 0 Å². The van der Waals surface area contributed by atoms with Crippen molar-refractivity contribution in [1.29, 1.82) is 0 Å². The molecular weight excluding hydrogens is 847 g/mol. The van der Waals surface area contributed by atoms with E-state index in [0.29, 0.717) is 44.3 Å². The van der Waals surface area contributed by atoms with Crippen LogP contribution in [0, 0.1) is 5.92 Å². The molecule has 3 saturated heterocycles. The zero-order valence-electron chi connectivity index (χ0n) is 37.3. The maximum atomic E-state index is 14.5. The summed E-state index contributed by atoms with van der Waals surface area (Å²) in [5.74, 6) is -6.88. The van der Waals surface area contributed by atoms with Gasteiger partial charge in [0.1, 0.15) is 42.3 Å². The van der Waals surface area contributed by atoms with Crippen LogP contribution in [-0.4, -0.2) is 154 Å². The predicted molar refractivity (Wildman–Crippen MR) is 235 cm³/mol. The summed E-state index contributed by atoms with van der Waals surface area (Å²) >= 11 is 0. The largest absolute Gasteiger partial charge is 0.370 e. The minimum absolute atomic E-state index is 0.0414. The zero-order chi connectivity index (χ0) is 47.6. The van der Waals surface area contributed by atoms with Crippen LogP contribution < -0.4 is 54.8 Å². The van der Waals surface area contributed by atoms with Crippen molar-refractivity contribution in [1.82, 2.24) is 51.7 Å². The number of fused-ring (bicyclic) bond motifs is 2. The maximum Gasteiger partial charge on any atom is 0.245 e. The number of carbonyl (C=O) groups excluding carboxylic acids is 9. The first-order valence-corrected chi connectivity index (χ1v) is 22.4. The normalized spacial score (nSPS) is 26.0. The Labute approximate surface area is 377 Å². The van der Waals surface area contributed by atoms with Gasteiger partial charge in [0.2, 0.25) is 53.2 Å². The number of primary amides is 1. The molecular formula is C41H67N15O9. The molecule has 0 unspecified atom stereocenters. The predicted octanol–water partition coefficient (Wildman–Crippen LogP) is -4.02. The number of carbonyl (C=O) groups is 9. The fraction of sp³-hybridized carbons (Fsp3) is 0.683. The molecule has 0 aliphatic carbocycles. The van der Waals surface area contributed by atoms with Crippen LogP contribution in [0.15, 0.2) is 17.5 Å². The summed E-state index contributed by atoms with van der Waals surface area (Å²) in [4.78, 5) is 138. The minimum atomic E-state index is -1.40. The third-order valence-electron chi connectivity index (χ3n) is 12.0. The Morgan fingerprint density at radius 3 is 1.98 bits per heavy atom. The molecule has 3 aliphatic heterocycles. The standard InChI is InChI=1S/C41H67N15O9/c1-3-23(2)33-39(64)52-27(9-4-5-15-42)40(65)56-18-8-12-30(56)38(63)53-28(19-24-20-46-22-49-24)36(61)50-26(13-14-31(43)57)34(59)48-21-32(58)55-17-7-11-29(55)37(62)51-25(35(60)54-33)10-6-16-47-41(44)45/h20,22-23,25-30,33H,3-19,21,42H2,1-2H3,(H2,43,57)(H,46,49)(H,48,59)(H,50,61)(H,51,62)(H,52,64)(H,53,63)(H,54,60)(H4,44,45,47)/t23-,25-,26-,27-,28-,29-,30-,33-/m0/s1. The van der Waals surface area contributed by atoms with Crippen molar-refractivity contribution in [3.8, 4) is 0 Å². The van der Waals surface area contributed by atoms with E-state index in [1.54, 1.807) is 6.92 Å². The summed E-state index contributed by atoms with van der Waals surface area (Å²) in [6.45, 7) is 3.77. The second-order valence-corrected chi connectivity index (χ2v) is 16.8. The summed E-state index contributed by atoms with van der Waals surface area (Å²) in [7, 11) is 0. The highest BCUT2D eigenvalue weighted by Gasteiger charge is 2.41. The highest BCUT2D eigenvalue weighted by Crippen LogP contribution is 2.22. The lowest BCUT2D eigenvalue weighted by molar-refractivity contribution is -0.143. The molecule has 1 aromatic rings. The van der Waals surface area contributed by atoms with Gasteiger partial charge in [-0.05, 0) is 76.7 Å². The molecule has 1 aromatic heterocycles. The minimum Gasteiger partial charge on any atom is -0.370 e. The van der Waals surface area contributed by atoms with Crippen molar-refractivity contribution in [2.45, 2.75) is 140 Å². The molecule has 65 heavy (non-hydrogen) atoms. The van der Waals surface area contributed by atoms with Gasteiger partial charge in [-0.25, -0.2) is 4.98 Å². The van der Waals surface area contributed by atoms with Gasteiger partial charge in [-0.1, -0.05) is 20.3 Å². The van der Waals surface area contributed by atoms with E-state index in [1.807, 2.05) is 6.92 Å². The molecule has 3 fully saturated rings. The van der Waals surface area contributed by atoms with Gasteiger partial charge in [0, 0.05) is 44.4 Å². The molecule has 4 heterocycles. The number of nitrogens with one attached hydrogen (secondary N) is 7. The van der Waals surface area contributed by atoms with Crippen molar-refractivity contribution in [2.24, 2.45) is 33.8 Å². The Hall–Kier alpha value is -6.33. The molecule has 0 saturated carbocycles. The lowest BCUT2D eigenvalue weighted by Gasteiger charge is -2.32. The molecule has 15 N–H and O–H groups in total. The number of hydrogen-bond acceptors (Lipinski definition) is 12. The topological polar surface area (TPSA) is 377 Å². The van der Waals surface area contributed by atoms with Crippen LogP contribution in [0.25, 0.3) is 0 Å². The van der Waals surface area contributed by atoms with Gasteiger partial charge in [-0.2, -0.15) is 0 Å². The van der Waals surface area contributed by atoms with Crippen LogP contribution in [0.3, 0.4) is 0 Å². The number of guanidine groups is 1. The first kappa shape index (κ1) is 51.3. The van der Waals surface area contributed by atoms with Gasteiger partial charge >= 0.3 is 0 Å². The number of nitrogens with two attached hydrogens (primary N) is 4. The fourth-order valence-electron chi connectivity index (χ4n) is 8.16. The number of H-pyrrole nitrogens is 1. The summed E-state index contributed by atoms with van der Waals surface area (Å²) in [5.41, 5.74) is 22.6. The third-order valence-corrected chi connectivity index (χ3v) is 12.0. The van der Waals surface area contributed by atoms with Crippen molar-refractivity contribution >= 4 is 59.1 Å². The highest BCUT2D eigenvalue weighted by molar-refractivity contribution is 5.99. The molecule has 0 bridgehead atoms. The molecule has 4 rings (SSSR count). The number of aliphatic imine (C=N–C) groups is 1. The molecule has 24 nitrogen and oxygen atoms in total. The van der Waals surface area contributed by atoms with Crippen molar-refractivity contribution in [3.63, 3.8) is 0 Å². The SMILES string of the molecule is CC[C@H](C)[C@@H]1NC(=O)[C@H](CCCN=C(N)N)NC(=O)[C@@H]2CCCN2C(=O)CNC(=O)[C@H](CCC(N)=O)NC(=O)[C@H](Cc2cnc[nH]2)NC(=O)[C@@H]2CCCN2C(=O)[C@H](CCCCN)NC1=O. The van der Waals surface area contributed by atoms with E-state index in [2.05, 4.69) is 46.9 Å². The number of hydrogen-bond donors (Lipinski definition) is 11. The average Bonchev–Trinajstić information content (AvgIpc) is 4.09. The van der Waals surface area contributed by atoms with Gasteiger partial charge in [0.25, 0.3) is 0 Å². The van der Waals surface area contributed by atoms with E-state index < -0.39 is 108 Å². The Morgan fingerprint density at radius 2 is 1.35 bits per heavy atom. The van der Waals surface area contributed by atoms with Crippen molar-refractivity contribution < 1.29 is 43.2 Å². The smallest absolute Gasteiger partial charge is 0.245 e. The van der Waals surface area contributed by atoms with Crippen molar-refractivity contribution in [3.05, 3.63) is 18.2 Å². The number of aromatic amines is 1. The molecule has 24 heteroatoms. The van der Waals surface area contributed by atoms with Gasteiger partial charge in [0.05, 0.1) is 12.9 Å². The van der Waals surface area contributed by atoms with E-state index in [-0.39, 0.29) is 77.0 Å². The van der Waals surface area contributed by atoms with E-state index in [1.165, 1.54) is 22.3 Å². The quantitative estimate of drug-likeness (QED) is 0.0455. The Balaban J connectivity index is 1.75. The molecule has 360 valence electrons. The second-order valence-electron chi connectivity index (χ2n) is 16.8. The van der Waals surface area contributed by atoms with Crippen LogP contribution in [0.5, 0.6) is 0 Å². The van der Waals surface area contributed by atoms with E-state index >= 15 is 0 Å². The van der Waals surface area contributed by atoms with Crippen LogP contribution >= 0.6 is 0 Å². The number of rotatable bonds is 15. The summed E-state index contributed by atoms with van der Waals surface area (Å²) in [6, 6.07) is -8.31. The monoisotopic (exact) mass is 914 g/mol. The number of nitrogens with zero attached hydrogens (tertiary/aromatic N) is 4. The first-order chi connectivity index (χ1) is 31.0. The molecule has 9 amide bonds. The van der Waals surface area contributed by atoms with Gasteiger partial charge in [-0.15, -0.1) is 0 Å². The molecule has 0 aromatic carbocycles. The fourth-order valence-corrected chi connectivity index (χ4v) is 8.16. The van der Waals surface area contributed by atoms with Crippen LogP contribution in [0.1, 0.15) is 96.6 Å². The van der Waals surface area contributed by atoms with E-state index in [0.717, 1.165) is 0 Å². The number of unbranched alkanes of at least 4 members (excludes halogenated alkanes) is 1. The Bertz CT molecular complexity index is 1870. The summed E-state index contributed by atoms with van der Waals surface area (Å²) in [5, 5.41) is 16.2. The van der Waals surface area contributed by atoms with Gasteiger partial charge in [0.15, 0.2) is 5.96 Å². The first-order valence-electron chi connectivity index (χ1n) is 22.4. The van der Waals surface area contributed by atoms with Crippen LogP contribution in [-0.2, 0) is 49.6 Å². The number of aromatic nitrogens is 2. The van der Waals surface area contributed by atoms with Crippen molar-refractivity contribution in [2.75, 3.05) is 32.7 Å². The lowest BCUT2D eigenvalue weighted by Crippen LogP contribution is -2.61. The lowest BCUT2D eigenvalue weighted by atomic mass is 9.96. The van der Waals surface area contributed by atoms with Gasteiger partial charge in [-0.3, -0.25) is 48.1 Å².